The highest BCUT2D eigenvalue weighted by atomic mass is 32.2. The number of benzene rings is 1. The summed E-state index contributed by atoms with van der Waals surface area (Å²) in [5.74, 6) is 0.365. The molecule has 1 amide bonds. The second kappa shape index (κ2) is 7.31. The molecule has 0 atom stereocenters. The molecule has 7 nitrogen and oxygen atoms in total. The Bertz CT molecular complexity index is 744. The summed E-state index contributed by atoms with van der Waals surface area (Å²) in [4.78, 5) is 15.7. The first kappa shape index (κ1) is 19.7. The van der Waals surface area contributed by atoms with Crippen LogP contribution in [0.15, 0.2) is 23.1 Å². The minimum atomic E-state index is -3.63. The topological polar surface area (TPSA) is 78.9 Å². The molecular weight excluding hydrogens is 342 g/mol. The maximum Gasteiger partial charge on any atom is 0.240 e. The average Bonchev–Trinajstić information content (AvgIpc) is 2.49. The van der Waals surface area contributed by atoms with Gasteiger partial charge in [-0.3, -0.25) is 4.79 Å². The number of nitrogens with zero attached hydrogens (tertiary/aromatic N) is 2. The van der Waals surface area contributed by atoms with Gasteiger partial charge in [0, 0.05) is 13.5 Å². The van der Waals surface area contributed by atoms with Crippen LogP contribution in [-0.2, 0) is 14.8 Å². The van der Waals surface area contributed by atoms with E-state index in [2.05, 4.69) is 4.72 Å². The molecule has 8 heteroatoms. The van der Waals surface area contributed by atoms with Gasteiger partial charge >= 0.3 is 0 Å². The Labute approximate surface area is 150 Å². The van der Waals surface area contributed by atoms with Crippen LogP contribution in [-0.4, -0.2) is 58.6 Å². The van der Waals surface area contributed by atoms with Gasteiger partial charge < -0.3 is 14.5 Å². The molecule has 1 aromatic rings. The smallest absolute Gasteiger partial charge is 0.240 e. The van der Waals surface area contributed by atoms with Crippen molar-refractivity contribution in [2.45, 2.75) is 37.7 Å². The molecule has 1 aromatic carbocycles. The Morgan fingerprint density at radius 2 is 2.04 bits per heavy atom. The molecule has 0 aromatic heterocycles. The number of amides is 1. The van der Waals surface area contributed by atoms with Crippen molar-refractivity contribution in [3.05, 3.63) is 18.2 Å². The highest BCUT2D eigenvalue weighted by molar-refractivity contribution is 7.89. The number of sulfonamides is 1. The van der Waals surface area contributed by atoms with Gasteiger partial charge in [-0.1, -0.05) is 0 Å². The predicted octanol–water partition coefficient (Wildman–Crippen LogP) is 1.44. The highest BCUT2D eigenvalue weighted by Gasteiger charge is 2.34. The van der Waals surface area contributed by atoms with Gasteiger partial charge in [0.05, 0.1) is 17.1 Å². The molecule has 0 saturated heterocycles. The maximum absolute atomic E-state index is 12.5. The van der Waals surface area contributed by atoms with E-state index in [1.807, 2.05) is 32.8 Å². The molecule has 1 heterocycles. The lowest BCUT2D eigenvalue weighted by atomic mass is 10.1. The second-order valence-corrected chi connectivity index (χ2v) is 8.92. The molecule has 0 spiro atoms. The first-order valence-corrected chi connectivity index (χ1v) is 9.76. The van der Waals surface area contributed by atoms with E-state index in [4.69, 9.17) is 4.74 Å². The van der Waals surface area contributed by atoms with E-state index in [0.29, 0.717) is 30.9 Å². The van der Waals surface area contributed by atoms with E-state index in [1.165, 1.54) is 19.1 Å². The number of rotatable bonds is 6. The Morgan fingerprint density at radius 1 is 1.36 bits per heavy atom. The van der Waals surface area contributed by atoms with Crippen LogP contribution in [0.3, 0.4) is 0 Å². The molecule has 1 N–H and O–H groups in total. The van der Waals surface area contributed by atoms with Crippen LogP contribution in [0.4, 0.5) is 5.69 Å². The van der Waals surface area contributed by atoms with Crippen molar-refractivity contribution < 1.29 is 17.9 Å². The minimum Gasteiger partial charge on any atom is -0.484 e. The molecule has 1 aliphatic rings. The van der Waals surface area contributed by atoms with Crippen molar-refractivity contribution in [2.24, 2.45) is 0 Å². The quantitative estimate of drug-likeness (QED) is 0.768. The van der Waals surface area contributed by atoms with Crippen molar-refractivity contribution >= 4 is 21.6 Å². The lowest BCUT2D eigenvalue weighted by Crippen LogP contribution is -2.48. The van der Waals surface area contributed by atoms with Gasteiger partial charge in [-0.05, 0) is 59.1 Å². The monoisotopic (exact) mass is 369 g/mol. The van der Waals surface area contributed by atoms with Crippen LogP contribution in [0.1, 0.15) is 27.2 Å². The third kappa shape index (κ3) is 4.93. The average molecular weight is 369 g/mol. The van der Waals surface area contributed by atoms with E-state index in [1.54, 1.807) is 11.0 Å². The van der Waals surface area contributed by atoms with Crippen molar-refractivity contribution in [3.63, 3.8) is 0 Å². The van der Waals surface area contributed by atoms with E-state index < -0.39 is 15.6 Å². The summed E-state index contributed by atoms with van der Waals surface area (Å²) >= 11 is 0. The summed E-state index contributed by atoms with van der Waals surface area (Å²) < 4.78 is 33.5. The number of ether oxygens (including phenoxy) is 1. The van der Waals surface area contributed by atoms with Crippen LogP contribution < -0.4 is 14.4 Å². The first-order valence-electron chi connectivity index (χ1n) is 8.27. The zero-order valence-electron chi connectivity index (χ0n) is 15.5. The van der Waals surface area contributed by atoms with Crippen LogP contribution in [0.25, 0.3) is 0 Å². The fourth-order valence-electron chi connectivity index (χ4n) is 2.72. The first-order chi connectivity index (χ1) is 11.5. The van der Waals surface area contributed by atoms with Gasteiger partial charge in [0.15, 0.2) is 0 Å². The second-order valence-electron chi connectivity index (χ2n) is 7.15. The normalized spacial score (nSPS) is 16.5. The molecule has 25 heavy (non-hydrogen) atoms. The molecule has 0 radical (unpaired) electrons. The molecular formula is C17H27N3O4S. The third-order valence-electron chi connectivity index (χ3n) is 3.91. The molecule has 140 valence electrons. The number of nitrogens with one attached hydrogen (secondary N) is 1. The van der Waals surface area contributed by atoms with E-state index in [0.717, 1.165) is 6.54 Å². The Balaban J connectivity index is 2.24. The SMILES string of the molecule is CC(=O)N1CC(C)(C)Oc2ccc(S(=O)(=O)NCCCN(C)C)cc21. The molecule has 1 aliphatic heterocycles. The lowest BCUT2D eigenvalue weighted by Gasteiger charge is -2.39. The lowest BCUT2D eigenvalue weighted by molar-refractivity contribution is -0.117. The summed E-state index contributed by atoms with van der Waals surface area (Å²) in [6.45, 7) is 6.78. The summed E-state index contributed by atoms with van der Waals surface area (Å²) in [5, 5.41) is 0. The van der Waals surface area contributed by atoms with Gasteiger partial charge in [-0.2, -0.15) is 0 Å². The fraction of sp³-hybridized carbons (Fsp3) is 0.588. The van der Waals surface area contributed by atoms with Crippen LogP contribution in [0.5, 0.6) is 5.75 Å². The number of hydrogen-bond acceptors (Lipinski definition) is 5. The summed E-state index contributed by atoms with van der Waals surface area (Å²) in [5.41, 5.74) is -0.0354. The van der Waals surface area contributed by atoms with Crippen LogP contribution >= 0.6 is 0 Å². The number of hydrogen-bond donors (Lipinski definition) is 1. The molecule has 0 fully saturated rings. The predicted molar refractivity (Wildman–Crippen MR) is 97.5 cm³/mol. The molecule has 2 rings (SSSR count). The summed E-state index contributed by atoms with van der Waals surface area (Å²) in [7, 11) is 0.249. The highest BCUT2D eigenvalue weighted by Crippen LogP contribution is 2.38. The van der Waals surface area contributed by atoms with E-state index >= 15 is 0 Å². The van der Waals surface area contributed by atoms with Crippen LogP contribution in [0.2, 0.25) is 0 Å². The third-order valence-corrected chi connectivity index (χ3v) is 5.37. The van der Waals surface area contributed by atoms with Crippen LogP contribution in [0, 0.1) is 0 Å². The molecule has 0 saturated carbocycles. The summed E-state index contributed by atoms with van der Waals surface area (Å²) in [6, 6.07) is 4.62. The van der Waals surface area contributed by atoms with Gasteiger partial charge in [0.2, 0.25) is 15.9 Å². The number of anilines is 1. The van der Waals surface area contributed by atoms with Crippen molar-refractivity contribution in [1.82, 2.24) is 9.62 Å². The zero-order valence-corrected chi connectivity index (χ0v) is 16.3. The minimum absolute atomic E-state index is 0.130. The largest absolute Gasteiger partial charge is 0.484 e. The molecule has 0 bridgehead atoms. The molecule has 0 unspecified atom stereocenters. The van der Waals surface area contributed by atoms with E-state index in [-0.39, 0.29) is 10.8 Å². The maximum atomic E-state index is 12.5. The Hall–Kier alpha value is -1.64. The zero-order chi connectivity index (χ0) is 18.8. The van der Waals surface area contributed by atoms with Crippen molar-refractivity contribution in [3.8, 4) is 5.75 Å². The van der Waals surface area contributed by atoms with Gasteiger partial charge in [0.1, 0.15) is 11.4 Å². The van der Waals surface area contributed by atoms with Gasteiger partial charge in [-0.25, -0.2) is 13.1 Å². The summed E-state index contributed by atoms with van der Waals surface area (Å²) in [6.07, 6.45) is 0.716. The van der Waals surface area contributed by atoms with Crippen molar-refractivity contribution in [1.29, 1.82) is 0 Å². The Morgan fingerprint density at radius 3 is 2.64 bits per heavy atom. The number of fused-ring (bicyclic) bond motifs is 1. The fourth-order valence-corrected chi connectivity index (χ4v) is 3.82. The Kier molecular flexibility index (Phi) is 5.75. The standard InChI is InChI=1S/C17H27N3O4S/c1-13(21)20-12-17(2,3)24-16-8-7-14(11-15(16)20)25(22,23)18-9-6-10-19(4)5/h7-8,11,18H,6,9-10,12H2,1-5H3. The number of carbonyl (C=O) groups is 1. The number of carbonyl (C=O) groups excluding carboxylic acids is 1. The van der Waals surface area contributed by atoms with E-state index in [9.17, 15) is 13.2 Å². The van der Waals surface area contributed by atoms with Gasteiger partial charge in [0.25, 0.3) is 0 Å². The van der Waals surface area contributed by atoms with Crippen molar-refractivity contribution in [2.75, 3.05) is 38.6 Å². The molecule has 0 aliphatic carbocycles. The van der Waals surface area contributed by atoms with Gasteiger partial charge in [-0.15, -0.1) is 0 Å².